The van der Waals surface area contributed by atoms with Crippen LogP contribution in [0.15, 0.2) is 0 Å². The molecule has 2 atom stereocenters. The number of carboxylic acid groups (broad SMARTS) is 2. The van der Waals surface area contributed by atoms with E-state index in [0.29, 0.717) is 0 Å². The Kier molecular flexibility index (Phi) is 9.92. The first kappa shape index (κ1) is 27.6. The van der Waals surface area contributed by atoms with Crippen molar-refractivity contribution in [3.05, 3.63) is 0 Å². The lowest BCUT2D eigenvalue weighted by atomic mass is 10.2. The number of hydrogen-bond acceptors (Lipinski definition) is 9. The average molecular weight is 448 g/mol. The van der Waals surface area contributed by atoms with Gasteiger partial charge in [0.1, 0.15) is 23.3 Å². The molecule has 0 spiro atoms. The summed E-state index contributed by atoms with van der Waals surface area (Å²) in [5.74, 6) is -5.97. The first-order valence-corrected chi connectivity index (χ1v) is 9.08. The molecular weight excluding hydrogens is 420 g/mol. The minimum absolute atomic E-state index is 0.950. The summed E-state index contributed by atoms with van der Waals surface area (Å²) in [6.07, 6.45) is -4.18. The third-order valence-corrected chi connectivity index (χ3v) is 2.91. The molecule has 0 saturated carbocycles. The molecule has 0 saturated heterocycles. The molecule has 0 heterocycles. The number of alkyl carbamates (subject to hydrolysis) is 2. The van der Waals surface area contributed by atoms with Crippen LogP contribution in [0.2, 0.25) is 0 Å². The van der Waals surface area contributed by atoms with Crippen molar-refractivity contribution in [2.45, 2.75) is 77.7 Å². The topological polar surface area (TPSA) is 195 Å². The number of hydrogen-bond donors (Lipinski definition) is 4. The maximum Gasteiger partial charge on any atom is 0.408 e. The van der Waals surface area contributed by atoms with Crippen molar-refractivity contribution in [2.24, 2.45) is 0 Å². The Morgan fingerprint density at radius 2 is 0.968 bits per heavy atom. The maximum absolute atomic E-state index is 12.2. The summed E-state index contributed by atoms with van der Waals surface area (Å²) < 4.78 is 14.3. The van der Waals surface area contributed by atoms with Gasteiger partial charge in [-0.25, -0.2) is 19.2 Å². The molecule has 0 radical (unpaired) electrons. The van der Waals surface area contributed by atoms with Gasteiger partial charge >= 0.3 is 36.1 Å². The lowest BCUT2D eigenvalue weighted by Gasteiger charge is -2.23. The van der Waals surface area contributed by atoms with E-state index in [1.807, 2.05) is 10.6 Å². The third-order valence-electron chi connectivity index (χ3n) is 2.91. The van der Waals surface area contributed by atoms with Gasteiger partial charge in [-0.05, 0) is 41.5 Å². The highest BCUT2D eigenvalue weighted by Crippen LogP contribution is 2.10. The van der Waals surface area contributed by atoms with E-state index in [1.54, 1.807) is 0 Å². The Hall–Kier alpha value is -3.38. The highest BCUT2D eigenvalue weighted by Gasteiger charge is 2.33. The summed E-state index contributed by atoms with van der Waals surface area (Å²) in [7, 11) is 0. The second-order valence-electron chi connectivity index (χ2n) is 8.33. The zero-order valence-corrected chi connectivity index (χ0v) is 18.1. The second-order valence-corrected chi connectivity index (χ2v) is 8.33. The summed E-state index contributed by atoms with van der Waals surface area (Å²) in [6.45, 7) is 9.16. The molecule has 0 rings (SSSR count). The van der Waals surface area contributed by atoms with E-state index in [2.05, 4.69) is 4.74 Å². The highest BCUT2D eigenvalue weighted by molar-refractivity contribution is 5.96. The molecular formula is C18H28N2O11. The Morgan fingerprint density at radius 1 is 0.677 bits per heavy atom. The number of carbonyl (C=O) groups is 6. The largest absolute Gasteiger partial charge is 0.481 e. The molecule has 176 valence electrons. The monoisotopic (exact) mass is 448 g/mol. The molecule has 0 aliphatic heterocycles. The Labute approximate surface area is 178 Å². The molecule has 13 nitrogen and oxygen atoms in total. The fraction of sp³-hybridized carbons (Fsp3) is 0.667. The fourth-order valence-corrected chi connectivity index (χ4v) is 1.88. The van der Waals surface area contributed by atoms with Crippen LogP contribution in [0.1, 0.15) is 54.4 Å². The van der Waals surface area contributed by atoms with E-state index in [1.165, 1.54) is 41.5 Å². The number of esters is 2. The van der Waals surface area contributed by atoms with Gasteiger partial charge in [0.15, 0.2) is 0 Å². The van der Waals surface area contributed by atoms with Crippen molar-refractivity contribution >= 4 is 36.1 Å². The van der Waals surface area contributed by atoms with Crippen LogP contribution in [0.4, 0.5) is 9.59 Å². The van der Waals surface area contributed by atoms with Gasteiger partial charge in [0.25, 0.3) is 0 Å². The summed E-state index contributed by atoms with van der Waals surface area (Å²) in [6, 6.07) is -3.63. The first-order chi connectivity index (χ1) is 13.9. The van der Waals surface area contributed by atoms with E-state index >= 15 is 0 Å². The molecule has 0 aliphatic rings. The Morgan fingerprint density at radius 3 is 1.19 bits per heavy atom. The molecule has 0 unspecified atom stereocenters. The predicted octanol–water partition coefficient (Wildman–Crippen LogP) is 0.792. The zero-order chi connectivity index (χ0) is 24.6. The lowest BCUT2D eigenvalue weighted by molar-refractivity contribution is -0.165. The maximum atomic E-state index is 12.2. The minimum Gasteiger partial charge on any atom is -0.481 e. The van der Waals surface area contributed by atoms with Gasteiger partial charge in [0.05, 0.1) is 12.8 Å². The number of nitrogens with one attached hydrogen (secondary N) is 2. The normalized spacial score (nSPS) is 13.2. The number of rotatable bonds is 8. The van der Waals surface area contributed by atoms with Crippen LogP contribution in [0.25, 0.3) is 0 Å². The van der Waals surface area contributed by atoms with Crippen molar-refractivity contribution < 1.29 is 53.2 Å². The van der Waals surface area contributed by atoms with Gasteiger partial charge in [-0.2, -0.15) is 0 Å². The van der Waals surface area contributed by atoms with Gasteiger partial charge in [0, 0.05) is 0 Å². The Balaban J connectivity index is 5.32. The second kappa shape index (κ2) is 11.1. The molecule has 0 bridgehead atoms. The van der Waals surface area contributed by atoms with Crippen LogP contribution in [-0.2, 0) is 33.4 Å². The molecule has 0 aromatic carbocycles. The average Bonchev–Trinajstić information content (AvgIpc) is 2.48. The van der Waals surface area contributed by atoms with Gasteiger partial charge in [-0.3, -0.25) is 9.59 Å². The third kappa shape index (κ3) is 13.5. The first-order valence-electron chi connectivity index (χ1n) is 9.08. The van der Waals surface area contributed by atoms with Crippen LogP contribution in [0.3, 0.4) is 0 Å². The molecule has 31 heavy (non-hydrogen) atoms. The summed E-state index contributed by atoms with van der Waals surface area (Å²) >= 11 is 0. The lowest BCUT2D eigenvalue weighted by Crippen LogP contribution is -2.49. The summed E-state index contributed by atoms with van der Waals surface area (Å²) in [4.78, 5) is 70.1. The molecule has 0 aromatic heterocycles. The van der Waals surface area contributed by atoms with Gasteiger partial charge in [-0.15, -0.1) is 0 Å². The fourth-order valence-electron chi connectivity index (χ4n) is 1.88. The van der Waals surface area contributed by atoms with Crippen LogP contribution in [-0.4, -0.2) is 69.6 Å². The molecule has 0 aromatic rings. The number of amides is 2. The van der Waals surface area contributed by atoms with E-state index < -0.39 is 72.2 Å². The van der Waals surface area contributed by atoms with Gasteiger partial charge in [0.2, 0.25) is 0 Å². The van der Waals surface area contributed by atoms with E-state index in [0.717, 1.165) is 0 Å². The highest BCUT2D eigenvalue weighted by atomic mass is 16.6. The molecule has 2 amide bonds. The van der Waals surface area contributed by atoms with Crippen molar-refractivity contribution in [2.75, 3.05) is 0 Å². The summed E-state index contributed by atoms with van der Waals surface area (Å²) in [5.41, 5.74) is -1.91. The Bertz CT molecular complexity index is 659. The van der Waals surface area contributed by atoms with E-state index in [4.69, 9.17) is 19.7 Å². The standard InChI is InChI=1S/C18H28N2O11/c1-17(2,3)30-15(27)19-9(7-11(21)22)13(25)29-14(26)10(8-12(23)24)20-16(28)31-18(4,5)6/h9-10H,7-8H2,1-6H3,(H,19,27)(H,20,28)(H,21,22)(H,23,24)/t9-,10-/m1/s1. The van der Waals surface area contributed by atoms with Crippen molar-refractivity contribution in [3.8, 4) is 0 Å². The van der Waals surface area contributed by atoms with Crippen LogP contribution in [0.5, 0.6) is 0 Å². The van der Waals surface area contributed by atoms with Gasteiger partial charge in [-0.1, -0.05) is 0 Å². The molecule has 13 heteroatoms. The molecule has 4 N–H and O–H groups in total. The van der Waals surface area contributed by atoms with Gasteiger partial charge < -0.3 is 35.1 Å². The molecule has 0 aliphatic carbocycles. The smallest absolute Gasteiger partial charge is 0.408 e. The van der Waals surface area contributed by atoms with Crippen LogP contribution < -0.4 is 10.6 Å². The number of carboxylic acids is 2. The molecule has 0 fully saturated rings. The number of ether oxygens (including phenoxy) is 3. The number of aliphatic carboxylic acids is 2. The van der Waals surface area contributed by atoms with Crippen molar-refractivity contribution in [3.63, 3.8) is 0 Å². The number of carbonyl (C=O) groups excluding carboxylic acids is 4. The minimum atomic E-state index is -1.82. The predicted molar refractivity (Wildman–Crippen MR) is 102 cm³/mol. The van der Waals surface area contributed by atoms with Crippen molar-refractivity contribution in [1.29, 1.82) is 0 Å². The van der Waals surface area contributed by atoms with Crippen molar-refractivity contribution in [1.82, 2.24) is 10.6 Å². The quantitative estimate of drug-likeness (QED) is 0.233. The van der Waals surface area contributed by atoms with Crippen LogP contribution in [0, 0.1) is 0 Å². The van der Waals surface area contributed by atoms with E-state index in [9.17, 15) is 28.8 Å². The summed E-state index contributed by atoms with van der Waals surface area (Å²) in [5, 5.41) is 21.8. The SMILES string of the molecule is CC(C)(C)OC(=O)N[C@H](CC(=O)O)C(=O)OC(=O)[C@@H](CC(=O)O)NC(=O)OC(C)(C)C. The van der Waals surface area contributed by atoms with E-state index in [-0.39, 0.29) is 0 Å². The zero-order valence-electron chi connectivity index (χ0n) is 18.1. The van der Waals surface area contributed by atoms with Crippen LogP contribution >= 0.6 is 0 Å².